The minimum absolute atomic E-state index is 0. The van der Waals surface area contributed by atoms with Crippen molar-refractivity contribution in [1.82, 2.24) is 0 Å². The summed E-state index contributed by atoms with van der Waals surface area (Å²) < 4.78 is 0. The van der Waals surface area contributed by atoms with E-state index in [0.717, 1.165) is 30.6 Å². The predicted octanol–water partition coefficient (Wildman–Crippen LogP) is 3.72. The van der Waals surface area contributed by atoms with Gasteiger partial charge in [-0.3, -0.25) is 4.79 Å². The van der Waals surface area contributed by atoms with Gasteiger partial charge < -0.3 is 16.4 Å². The molecule has 1 aliphatic carbocycles. The number of anilines is 2. The van der Waals surface area contributed by atoms with Gasteiger partial charge in [0.15, 0.2) is 5.96 Å². The molecule has 138 valence electrons. The van der Waals surface area contributed by atoms with Gasteiger partial charge in [-0.05, 0) is 66.6 Å². The van der Waals surface area contributed by atoms with Crippen LogP contribution in [0.3, 0.4) is 0 Å². The lowest BCUT2D eigenvalue weighted by Gasteiger charge is -2.08. The Morgan fingerprint density at radius 1 is 1.08 bits per heavy atom. The van der Waals surface area contributed by atoms with Crippen LogP contribution in [-0.4, -0.2) is 18.4 Å². The fraction of sp³-hybridized carbons (Fsp3) is 0.300. The predicted molar refractivity (Wildman–Crippen MR) is 118 cm³/mol. The van der Waals surface area contributed by atoms with Crippen molar-refractivity contribution in [2.75, 3.05) is 17.2 Å². The summed E-state index contributed by atoms with van der Waals surface area (Å²) in [6, 6.07) is 14.0. The normalized spacial score (nSPS) is 12.9. The maximum atomic E-state index is 12.0. The van der Waals surface area contributed by atoms with Gasteiger partial charge in [0, 0.05) is 11.4 Å². The molecule has 2 aromatic rings. The quantitative estimate of drug-likeness (QED) is 0.359. The van der Waals surface area contributed by atoms with Crippen LogP contribution in [0.2, 0.25) is 0 Å². The molecule has 5 nitrogen and oxygen atoms in total. The number of fused-ring (bicyclic) bond motifs is 1. The second-order valence-electron chi connectivity index (χ2n) is 6.27. The molecular weight excluding hydrogens is 439 g/mol. The number of hydrogen-bond donors (Lipinski definition) is 3. The third kappa shape index (κ3) is 5.45. The van der Waals surface area contributed by atoms with E-state index in [-0.39, 0.29) is 42.4 Å². The zero-order valence-corrected chi connectivity index (χ0v) is 17.2. The molecule has 0 bridgehead atoms. The van der Waals surface area contributed by atoms with Crippen molar-refractivity contribution in [2.24, 2.45) is 10.7 Å². The molecule has 26 heavy (non-hydrogen) atoms. The van der Waals surface area contributed by atoms with Crippen LogP contribution in [0.4, 0.5) is 11.4 Å². The highest BCUT2D eigenvalue weighted by molar-refractivity contribution is 14.0. The largest absolute Gasteiger partial charge is 0.370 e. The van der Waals surface area contributed by atoms with Crippen molar-refractivity contribution < 1.29 is 4.79 Å². The Morgan fingerprint density at radius 3 is 2.65 bits per heavy atom. The lowest BCUT2D eigenvalue weighted by molar-refractivity contribution is -0.114. The number of benzene rings is 2. The standard InChI is InChI=1S/C20H24N4O.HI/c1-2-14-5-3-8-17(11-14)23-19(25)13-22-20(21)24-18-10-9-15-6-4-7-16(15)12-18;/h3,5,8-12H,2,4,6-7,13H2,1H3,(H,23,25)(H3,21,22,24);1H. The van der Waals surface area contributed by atoms with Crippen LogP contribution >= 0.6 is 24.0 Å². The zero-order valence-electron chi connectivity index (χ0n) is 14.9. The molecule has 0 unspecified atom stereocenters. The number of rotatable bonds is 5. The molecular formula is C20H25IN4O. The monoisotopic (exact) mass is 464 g/mol. The minimum atomic E-state index is -0.188. The van der Waals surface area contributed by atoms with Crippen molar-refractivity contribution in [3.63, 3.8) is 0 Å². The van der Waals surface area contributed by atoms with Gasteiger partial charge in [-0.2, -0.15) is 0 Å². The van der Waals surface area contributed by atoms with Crippen LogP contribution in [0.1, 0.15) is 30.0 Å². The molecule has 4 N–H and O–H groups in total. The van der Waals surface area contributed by atoms with E-state index < -0.39 is 0 Å². The van der Waals surface area contributed by atoms with E-state index in [2.05, 4.69) is 34.7 Å². The number of hydrogen-bond acceptors (Lipinski definition) is 2. The molecule has 0 aliphatic heterocycles. The summed E-state index contributed by atoms with van der Waals surface area (Å²) in [5.74, 6) is 0.0577. The third-order valence-corrected chi connectivity index (χ3v) is 4.38. The van der Waals surface area contributed by atoms with Crippen molar-refractivity contribution >= 4 is 47.2 Å². The molecule has 0 heterocycles. The molecule has 6 heteroatoms. The number of aryl methyl sites for hydroxylation is 3. The average Bonchev–Trinajstić information content (AvgIpc) is 3.08. The Kier molecular flexibility index (Phi) is 7.44. The molecule has 2 aromatic carbocycles. The Balaban J connectivity index is 0.00000243. The molecule has 0 aromatic heterocycles. The van der Waals surface area contributed by atoms with Gasteiger partial charge in [-0.1, -0.05) is 25.1 Å². The summed E-state index contributed by atoms with van der Waals surface area (Å²) in [6.45, 7) is 2.07. The van der Waals surface area contributed by atoms with Crippen LogP contribution in [-0.2, 0) is 24.1 Å². The number of halogens is 1. The number of nitrogens with one attached hydrogen (secondary N) is 2. The van der Waals surface area contributed by atoms with Crippen molar-refractivity contribution in [3.8, 4) is 0 Å². The van der Waals surface area contributed by atoms with E-state index in [1.165, 1.54) is 23.1 Å². The Hall–Kier alpha value is -2.09. The summed E-state index contributed by atoms with van der Waals surface area (Å²) in [5, 5.41) is 5.90. The summed E-state index contributed by atoms with van der Waals surface area (Å²) in [4.78, 5) is 16.1. The first-order valence-corrected chi connectivity index (χ1v) is 8.71. The van der Waals surface area contributed by atoms with Gasteiger partial charge in [0.05, 0.1) is 0 Å². The van der Waals surface area contributed by atoms with Crippen LogP contribution in [0.25, 0.3) is 0 Å². The van der Waals surface area contributed by atoms with Crippen molar-refractivity contribution in [2.45, 2.75) is 32.6 Å². The smallest absolute Gasteiger partial charge is 0.246 e. The second kappa shape index (κ2) is 9.56. The highest BCUT2D eigenvalue weighted by Gasteiger charge is 2.11. The van der Waals surface area contributed by atoms with Gasteiger partial charge in [-0.25, -0.2) is 4.99 Å². The van der Waals surface area contributed by atoms with Gasteiger partial charge in [0.25, 0.3) is 0 Å². The third-order valence-electron chi connectivity index (χ3n) is 4.38. The van der Waals surface area contributed by atoms with Crippen LogP contribution in [0, 0.1) is 0 Å². The maximum absolute atomic E-state index is 12.0. The Bertz CT molecular complexity index is 804. The van der Waals surface area contributed by atoms with E-state index in [1.54, 1.807) is 0 Å². The summed E-state index contributed by atoms with van der Waals surface area (Å²) >= 11 is 0. The first kappa shape index (κ1) is 20.2. The first-order valence-electron chi connectivity index (χ1n) is 8.71. The molecule has 0 atom stereocenters. The summed E-state index contributed by atoms with van der Waals surface area (Å²) in [5.41, 5.74) is 11.6. The fourth-order valence-electron chi connectivity index (χ4n) is 3.06. The molecule has 0 radical (unpaired) electrons. The molecule has 0 saturated heterocycles. The number of amides is 1. The Morgan fingerprint density at radius 2 is 1.85 bits per heavy atom. The molecule has 0 spiro atoms. The van der Waals surface area contributed by atoms with Crippen LogP contribution in [0.5, 0.6) is 0 Å². The SMILES string of the molecule is CCc1cccc(NC(=O)CN=C(N)Nc2ccc3c(c2)CCC3)c1.I. The van der Waals surface area contributed by atoms with E-state index in [4.69, 9.17) is 5.73 Å². The summed E-state index contributed by atoms with van der Waals surface area (Å²) in [7, 11) is 0. The average molecular weight is 464 g/mol. The molecule has 3 rings (SSSR count). The number of carbonyl (C=O) groups excluding carboxylic acids is 1. The molecule has 0 fully saturated rings. The number of carbonyl (C=O) groups is 1. The number of aliphatic imine (C=N–C) groups is 1. The van der Waals surface area contributed by atoms with E-state index >= 15 is 0 Å². The van der Waals surface area contributed by atoms with Gasteiger partial charge in [0.1, 0.15) is 6.54 Å². The highest BCUT2D eigenvalue weighted by atomic mass is 127. The van der Waals surface area contributed by atoms with E-state index in [0.29, 0.717) is 0 Å². The minimum Gasteiger partial charge on any atom is -0.370 e. The summed E-state index contributed by atoms with van der Waals surface area (Å²) in [6.07, 6.45) is 4.40. The van der Waals surface area contributed by atoms with Crippen LogP contribution in [0.15, 0.2) is 47.5 Å². The number of nitrogens with zero attached hydrogens (tertiary/aromatic N) is 1. The Labute approximate surface area is 171 Å². The first-order chi connectivity index (χ1) is 12.1. The second-order valence-corrected chi connectivity index (χ2v) is 6.27. The topological polar surface area (TPSA) is 79.5 Å². The molecule has 1 aliphatic rings. The fourth-order valence-corrected chi connectivity index (χ4v) is 3.06. The van der Waals surface area contributed by atoms with Crippen molar-refractivity contribution in [3.05, 3.63) is 59.2 Å². The highest BCUT2D eigenvalue weighted by Crippen LogP contribution is 2.24. The molecule has 0 saturated carbocycles. The zero-order chi connectivity index (χ0) is 17.6. The van der Waals surface area contributed by atoms with Gasteiger partial charge in [0.2, 0.25) is 5.91 Å². The number of guanidine groups is 1. The van der Waals surface area contributed by atoms with E-state index in [1.807, 2.05) is 30.3 Å². The lowest BCUT2D eigenvalue weighted by atomic mass is 10.1. The lowest BCUT2D eigenvalue weighted by Crippen LogP contribution is -2.25. The maximum Gasteiger partial charge on any atom is 0.246 e. The van der Waals surface area contributed by atoms with Gasteiger partial charge in [-0.15, -0.1) is 24.0 Å². The van der Waals surface area contributed by atoms with Crippen molar-refractivity contribution in [1.29, 1.82) is 0 Å². The molecule has 1 amide bonds. The number of nitrogens with two attached hydrogens (primary N) is 1. The van der Waals surface area contributed by atoms with E-state index in [9.17, 15) is 4.79 Å². The van der Waals surface area contributed by atoms with Gasteiger partial charge >= 0.3 is 0 Å². The van der Waals surface area contributed by atoms with Crippen LogP contribution < -0.4 is 16.4 Å².